The van der Waals surface area contributed by atoms with Crippen molar-refractivity contribution in [3.05, 3.63) is 42.6 Å². The molecule has 0 amide bonds. The van der Waals surface area contributed by atoms with Gasteiger partial charge in [0.1, 0.15) is 0 Å². The number of anilines is 1. The van der Waals surface area contributed by atoms with Gasteiger partial charge in [-0.2, -0.15) is 26.3 Å². The lowest BCUT2D eigenvalue weighted by molar-refractivity contribution is -0.193. The molecule has 4 heterocycles. The van der Waals surface area contributed by atoms with Crippen LogP contribution in [0, 0.1) is 17.2 Å². The first kappa shape index (κ1) is 32.5. The van der Waals surface area contributed by atoms with E-state index in [0.717, 1.165) is 45.6 Å². The van der Waals surface area contributed by atoms with Gasteiger partial charge in [0.15, 0.2) is 5.82 Å². The van der Waals surface area contributed by atoms with Crippen LogP contribution in [-0.4, -0.2) is 82.4 Å². The molecule has 0 aromatic carbocycles. The summed E-state index contributed by atoms with van der Waals surface area (Å²) in [5.74, 6) is -4.31. The second-order valence-corrected chi connectivity index (χ2v) is 8.66. The van der Waals surface area contributed by atoms with Gasteiger partial charge in [-0.05, 0) is 30.7 Å². The van der Waals surface area contributed by atoms with Crippen molar-refractivity contribution in [2.45, 2.75) is 31.6 Å². The third-order valence-electron chi connectivity index (χ3n) is 6.13. The first-order valence-electron chi connectivity index (χ1n) is 11.6. The van der Waals surface area contributed by atoms with Gasteiger partial charge in [-0.3, -0.25) is 0 Å². The summed E-state index contributed by atoms with van der Waals surface area (Å²) in [6.45, 7) is 3.87. The molecular weight excluding hydrogens is 561 g/mol. The molecule has 10 nitrogen and oxygen atoms in total. The van der Waals surface area contributed by atoms with E-state index in [1.165, 1.54) is 12.4 Å². The smallest absolute Gasteiger partial charge is 0.477 e. The van der Waals surface area contributed by atoms with Crippen molar-refractivity contribution in [2.24, 2.45) is 11.3 Å². The maximum atomic E-state index is 13.0. The van der Waals surface area contributed by atoms with Crippen LogP contribution in [-0.2, 0) is 14.3 Å². The lowest BCUT2D eigenvalue weighted by atomic mass is 9.66. The molecule has 1 unspecified atom stereocenters. The average molecular weight is 586 g/mol. The van der Waals surface area contributed by atoms with Crippen molar-refractivity contribution in [2.75, 3.05) is 37.8 Å². The van der Waals surface area contributed by atoms with Gasteiger partial charge in [-0.1, -0.05) is 6.07 Å². The van der Waals surface area contributed by atoms with E-state index in [1.54, 1.807) is 6.20 Å². The molecular formula is C23H25F7N4O6. The Balaban J connectivity index is 0.000000333. The number of ether oxygens (including phenoxy) is 2. The molecule has 1 atom stereocenters. The Morgan fingerprint density at radius 3 is 2.00 bits per heavy atom. The Kier molecular flexibility index (Phi) is 11.4. The first-order valence-corrected chi connectivity index (χ1v) is 11.6. The zero-order valence-electron chi connectivity index (χ0n) is 20.7. The Labute approximate surface area is 222 Å². The van der Waals surface area contributed by atoms with Crippen molar-refractivity contribution < 1.29 is 60.0 Å². The Morgan fingerprint density at radius 2 is 1.52 bits per heavy atom. The maximum absolute atomic E-state index is 13.0. The molecule has 0 saturated carbocycles. The highest BCUT2D eigenvalue weighted by molar-refractivity contribution is 5.73. The van der Waals surface area contributed by atoms with Crippen LogP contribution >= 0.6 is 0 Å². The zero-order valence-corrected chi connectivity index (χ0v) is 20.7. The fourth-order valence-corrected chi connectivity index (χ4v) is 4.00. The number of carboxylic acids is 2. The molecule has 2 aliphatic rings. The highest BCUT2D eigenvalue weighted by Crippen LogP contribution is 2.45. The number of aromatic nitrogens is 3. The number of carbonyl (C=O) groups is 2. The van der Waals surface area contributed by atoms with Gasteiger partial charge in [0, 0.05) is 37.9 Å². The van der Waals surface area contributed by atoms with Crippen molar-refractivity contribution in [3.63, 3.8) is 0 Å². The summed E-state index contributed by atoms with van der Waals surface area (Å²) in [6, 6.07) is 5.69. The number of hydrogen-bond donors (Lipinski definition) is 2. The minimum atomic E-state index is -5.08. The van der Waals surface area contributed by atoms with E-state index in [2.05, 4.69) is 19.9 Å². The van der Waals surface area contributed by atoms with Gasteiger partial charge in [0.25, 0.3) is 0 Å². The monoisotopic (exact) mass is 586 g/mol. The highest BCUT2D eigenvalue weighted by atomic mass is 19.4. The number of alkyl halides is 6. The van der Waals surface area contributed by atoms with Gasteiger partial charge in [0.05, 0.1) is 25.6 Å². The van der Waals surface area contributed by atoms with Crippen molar-refractivity contribution in [1.82, 2.24) is 15.0 Å². The van der Waals surface area contributed by atoms with E-state index in [9.17, 15) is 30.7 Å². The molecule has 2 aromatic heterocycles. The Hall–Kier alpha value is -3.76. The fraction of sp³-hybridized carbons (Fsp3) is 0.522. The summed E-state index contributed by atoms with van der Waals surface area (Å²) < 4.78 is 88.2. The largest absolute Gasteiger partial charge is 0.490 e. The van der Waals surface area contributed by atoms with Crippen molar-refractivity contribution >= 4 is 17.9 Å². The topological polar surface area (TPSA) is 135 Å². The predicted octanol–water partition coefficient (Wildman–Crippen LogP) is 3.98. The van der Waals surface area contributed by atoms with E-state index in [-0.39, 0.29) is 5.41 Å². The van der Waals surface area contributed by atoms with Crippen LogP contribution in [0.2, 0.25) is 0 Å². The van der Waals surface area contributed by atoms with Gasteiger partial charge < -0.3 is 24.6 Å². The lowest BCUT2D eigenvalue weighted by Crippen LogP contribution is -2.50. The minimum Gasteiger partial charge on any atom is -0.477 e. The standard InChI is InChI=1S/C19H23FN4O2.2C2HF3O2/c20-16-11-22-18(23-12-16)24-8-4-19(5-9-24)6-10-25-13-15(19)14-26-17-3-1-2-7-21-17;2*3-2(4,5)1(6)7/h1-3,7,11-12,15H,4-6,8-10,13-14H2;2*(H,6,7). The number of carboxylic acid groups (broad SMARTS) is 2. The summed E-state index contributed by atoms with van der Waals surface area (Å²) in [5.41, 5.74) is 0.212. The molecule has 222 valence electrons. The molecule has 1 spiro atoms. The molecule has 2 fully saturated rings. The number of hydrogen-bond acceptors (Lipinski definition) is 8. The first-order chi connectivity index (χ1) is 18.6. The summed E-state index contributed by atoms with van der Waals surface area (Å²) in [6.07, 6.45) is -2.86. The third kappa shape index (κ3) is 10.1. The van der Waals surface area contributed by atoms with E-state index < -0.39 is 30.1 Å². The molecule has 0 bridgehead atoms. The van der Waals surface area contributed by atoms with E-state index >= 15 is 0 Å². The van der Waals surface area contributed by atoms with E-state index in [0.29, 0.717) is 24.4 Å². The number of nitrogens with zero attached hydrogens (tertiary/aromatic N) is 4. The fourth-order valence-electron chi connectivity index (χ4n) is 4.00. The van der Waals surface area contributed by atoms with Crippen LogP contribution < -0.4 is 9.64 Å². The quantitative estimate of drug-likeness (QED) is 0.507. The molecule has 0 radical (unpaired) electrons. The van der Waals surface area contributed by atoms with Crippen LogP contribution in [0.25, 0.3) is 0 Å². The third-order valence-corrected chi connectivity index (χ3v) is 6.13. The Morgan fingerprint density at radius 1 is 0.975 bits per heavy atom. The molecule has 40 heavy (non-hydrogen) atoms. The number of piperidine rings is 1. The number of aliphatic carboxylic acids is 2. The number of halogens is 7. The Bertz CT molecular complexity index is 1060. The number of pyridine rings is 1. The molecule has 0 aliphatic carbocycles. The highest BCUT2D eigenvalue weighted by Gasteiger charge is 2.44. The van der Waals surface area contributed by atoms with Gasteiger partial charge in [-0.15, -0.1) is 0 Å². The summed E-state index contributed by atoms with van der Waals surface area (Å²) in [5, 5.41) is 14.2. The van der Waals surface area contributed by atoms with Crippen LogP contribution in [0.4, 0.5) is 36.7 Å². The molecule has 2 aromatic rings. The van der Waals surface area contributed by atoms with Gasteiger partial charge in [-0.25, -0.2) is 28.9 Å². The van der Waals surface area contributed by atoms with E-state index in [1.807, 2.05) is 18.2 Å². The lowest BCUT2D eigenvalue weighted by Gasteiger charge is -2.48. The van der Waals surface area contributed by atoms with Crippen LogP contribution in [0.1, 0.15) is 19.3 Å². The number of rotatable bonds is 4. The second kappa shape index (κ2) is 14.0. The molecule has 2 N–H and O–H groups in total. The second-order valence-electron chi connectivity index (χ2n) is 8.66. The minimum absolute atomic E-state index is 0.212. The van der Waals surface area contributed by atoms with Crippen molar-refractivity contribution in [1.29, 1.82) is 0 Å². The van der Waals surface area contributed by atoms with E-state index in [4.69, 9.17) is 29.3 Å². The molecule has 17 heteroatoms. The maximum Gasteiger partial charge on any atom is 0.490 e. The SMILES string of the molecule is Fc1cnc(N2CCC3(CCOCC3COc3ccccn3)CC2)nc1.O=C(O)C(F)(F)F.O=C(O)C(F)(F)F. The van der Waals surface area contributed by atoms with Crippen molar-refractivity contribution in [3.8, 4) is 5.88 Å². The van der Waals surface area contributed by atoms with Gasteiger partial charge in [0.2, 0.25) is 11.8 Å². The molecule has 2 saturated heterocycles. The normalized spacial score (nSPS) is 18.5. The molecule has 4 rings (SSSR count). The zero-order chi connectivity index (χ0) is 30.0. The average Bonchev–Trinajstić information content (AvgIpc) is 2.89. The summed E-state index contributed by atoms with van der Waals surface area (Å²) in [7, 11) is 0. The predicted molar refractivity (Wildman–Crippen MR) is 122 cm³/mol. The van der Waals surface area contributed by atoms with Crippen LogP contribution in [0.3, 0.4) is 0 Å². The van der Waals surface area contributed by atoms with Gasteiger partial charge >= 0.3 is 24.3 Å². The summed E-state index contributed by atoms with van der Waals surface area (Å²) >= 11 is 0. The van der Waals surface area contributed by atoms with Crippen LogP contribution in [0.15, 0.2) is 36.8 Å². The molecule has 2 aliphatic heterocycles. The van der Waals surface area contributed by atoms with Crippen LogP contribution in [0.5, 0.6) is 5.88 Å². The summed E-state index contributed by atoms with van der Waals surface area (Å²) in [4.78, 5) is 32.4.